The number of hydrogen-bond donors (Lipinski definition) is 4. The molecule has 0 saturated heterocycles. The summed E-state index contributed by atoms with van der Waals surface area (Å²) in [4.78, 5) is 11.0. The molecule has 0 aromatic heterocycles. The van der Waals surface area contributed by atoms with Gasteiger partial charge in [-0.25, -0.2) is 0 Å². The molecule has 0 aliphatic rings. The molecule has 0 bridgehead atoms. The largest absolute Gasteiger partial charge is 0.481 e. The van der Waals surface area contributed by atoms with E-state index in [1.165, 1.54) is 32.1 Å². The normalized spacial score (nSPS) is 12.1. The van der Waals surface area contributed by atoms with Crippen molar-refractivity contribution in [3.05, 3.63) is 0 Å². The zero-order chi connectivity index (χ0) is 13.8. The van der Waals surface area contributed by atoms with Crippen LogP contribution in [-0.4, -0.2) is 23.6 Å². The Morgan fingerprint density at radius 2 is 1.78 bits per heavy atom. The maximum Gasteiger partial charge on any atom is 0.308 e. The van der Waals surface area contributed by atoms with Crippen LogP contribution < -0.4 is 11.1 Å². The lowest BCUT2D eigenvalue weighted by Crippen LogP contribution is -2.36. The molecule has 0 aromatic rings. The molecule has 0 heterocycles. The average Bonchev–Trinajstić information content (AvgIpc) is 2.31. The highest BCUT2D eigenvalue weighted by atomic mass is 16.4. The number of nitrogens with one attached hydrogen (secondary N) is 2. The number of aliphatic carboxylic acids is 1. The number of hydrogen-bond acceptors (Lipinski definition) is 2. The summed E-state index contributed by atoms with van der Waals surface area (Å²) < 4.78 is 0. The van der Waals surface area contributed by atoms with Crippen molar-refractivity contribution in [2.24, 2.45) is 11.7 Å². The molecule has 0 saturated carbocycles. The molecule has 0 amide bonds. The van der Waals surface area contributed by atoms with E-state index in [2.05, 4.69) is 12.2 Å². The van der Waals surface area contributed by atoms with Gasteiger partial charge < -0.3 is 16.2 Å². The zero-order valence-electron chi connectivity index (χ0n) is 11.4. The summed E-state index contributed by atoms with van der Waals surface area (Å²) in [5.41, 5.74) is 5.14. The van der Waals surface area contributed by atoms with Gasteiger partial charge in [0, 0.05) is 6.54 Å². The molecular weight excluding hydrogens is 230 g/mol. The van der Waals surface area contributed by atoms with Crippen molar-refractivity contribution in [2.45, 2.75) is 58.3 Å². The first kappa shape index (κ1) is 16.7. The summed E-state index contributed by atoms with van der Waals surface area (Å²) in [6, 6.07) is 0. The monoisotopic (exact) mass is 257 g/mol. The molecule has 0 radical (unpaired) electrons. The van der Waals surface area contributed by atoms with Gasteiger partial charge in [-0.2, -0.15) is 0 Å². The second-order valence-corrected chi connectivity index (χ2v) is 4.74. The van der Waals surface area contributed by atoms with Crippen LogP contribution in [0.15, 0.2) is 0 Å². The van der Waals surface area contributed by atoms with Crippen LogP contribution in [0.1, 0.15) is 58.3 Å². The van der Waals surface area contributed by atoms with Crippen LogP contribution in [0.4, 0.5) is 0 Å². The lowest BCUT2D eigenvalue weighted by atomic mass is 10.00. The fourth-order valence-electron chi connectivity index (χ4n) is 1.89. The first-order valence-corrected chi connectivity index (χ1v) is 6.88. The predicted octanol–water partition coefficient (Wildman–Crippen LogP) is 2.31. The Balaban J connectivity index is 3.58. The third-order valence-electron chi connectivity index (χ3n) is 3.04. The van der Waals surface area contributed by atoms with Gasteiger partial charge in [-0.1, -0.05) is 51.9 Å². The van der Waals surface area contributed by atoms with Crippen molar-refractivity contribution in [3.8, 4) is 0 Å². The van der Waals surface area contributed by atoms with E-state index >= 15 is 0 Å². The number of carbonyl (C=O) groups is 1. The standard InChI is InChI=1S/C13H27N3O2/c1-2-3-4-5-6-7-8-9-11(12(17)18)10-16-13(14)15/h11H,2-10H2,1H3,(H,17,18)(H4,14,15,16). The van der Waals surface area contributed by atoms with Gasteiger partial charge in [-0.05, 0) is 6.42 Å². The molecule has 18 heavy (non-hydrogen) atoms. The lowest BCUT2D eigenvalue weighted by Gasteiger charge is -2.12. The van der Waals surface area contributed by atoms with Gasteiger partial charge in [-0.3, -0.25) is 10.2 Å². The maximum absolute atomic E-state index is 11.0. The van der Waals surface area contributed by atoms with E-state index in [1.54, 1.807) is 0 Å². The van der Waals surface area contributed by atoms with Crippen LogP contribution in [0, 0.1) is 11.3 Å². The van der Waals surface area contributed by atoms with Gasteiger partial charge in [0.2, 0.25) is 0 Å². The van der Waals surface area contributed by atoms with Gasteiger partial charge >= 0.3 is 5.97 Å². The van der Waals surface area contributed by atoms with Gasteiger partial charge in [-0.15, -0.1) is 0 Å². The van der Waals surface area contributed by atoms with Crippen molar-refractivity contribution < 1.29 is 9.90 Å². The molecule has 1 unspecified atom stereocenters. The van der Waals surface area contributed by atoms with Gasteiger partial charge in [0.05, 0.1) is 5.92 Å². The second kappa shape index (κ2) is 10.9. The molecule has 0 aromatic carbocycles. The Labute approximate surface area is 110 Å². The number of nitrogens with two attached hydrogens (primary N) is 1. The molecule has 0 fully saturated rings. The minimum atomic E-state index is -0.810. The number of carboxylic acids is 1. The fraction of sp³-hybridized carbons (Fsp3) is 0.846. The predicted molar refractivity (Wildman–Crippen MR) is 73.7 cm³/mol. The number of guanidine groups is 1. The van der Waals surface area contributed by atoms with Crippen LogP contribution in [-0.2, 0) is 4.79 Å². The molecule has 0 aliphatic heterocycles. The molecule has 0 rings (SSSR count). The van der Waals surface area contributed by atoms with Crippen molar-refractivity contribution in [1.82, 2.24) is 5.32 Å². The third kappa shape index (κ3) is 9.93. The summed E-state index contributed by atoms with van der Waals surface area (Å²) in [5.74, 6) is -1.42. The Kier molecular flexibility index (Phi) is 10.1. The first-order chi connectivity index (χ1) is 8.57. The van der Waals surface area contributed by atoms with Crippen LogP contribution in [0.25, 0.3) is 0 Å². The molecule has 0 aliphatic carbocycles. The van der Waals surface area contributed by atoms with E-state index in [9.17, 15) is 4.79 Å². The molecule has 1 atom stereocenters. The van der Waals surface area contributed by atoms with Crippen LogP contribution in [0.3, 0.4) is 0 Å². The Morgan fingerprint density at radius 1 is 1.22 bits per heavy atom. The minimum Gasteiger partial charge on any atom is -0.481 e. The van der Waals surface area contributed by atoms with Gasteiger partial charge in [0.15, 0.2) is 5.96 Å². The van der Waals surface area contributed by atoms with E-state index in [0.29, 0.717) is 6.42 Å². The van der Waals surface area contributed by atoms with E-state index in [-0.39, 0.29) is 12.5 Å². The Morgan fingerprint density at radius 3 is 2.28 bits per heavy atom. The lowest BCUT2D eigenvalue weighted by molar-refractivity contribution is -0.141. The van der Waals surface area contributed by atoms with E-state index < -0.39 is 11.9 Å². The average molecular weight is 257 g/mol. The molecule has 5 N–H and O–H groups in total. The number of carboxylic acid groups (broad SMARTS) is 1. The topological polar surface area (TPSA) is 99.2 Å². The molecule has 5 heteroatoms. The highest BCUT2D eigenvalue weighted by Crippen LogP contribution is 2.12. The summed E-state index contributed by atoms with van der Waals surface area (Å²) in [6.07, 6.45) is 8.94. The van der Waals surface area contributed by atoms with Crippen molar-refractivity contribution >= 4 is 11.9 Å². The molecule has 5 nitrogen and oxygen atoms in total. The van der Waals surface area contributed by atoms with E-state index in [0.717, 1.165) is 12.8 Å². The number of unbranched alkanes of at least 4 members (excludes halogenated alkanes) is 6. The molecule has 106 valence electrons. The van der Waals surface area contributed by atoms with E-state index in [1.807, 2.05) is 0 Å². The number of rotatable bonds is 11. The van der Waals surface area contributed by atoms with Gasteiger partial charge in [0.25, 0.3) is 0 Å². The highest BCUT2D eigenvalue weighted by Gasteiger charge is 2.16. The second-order valence-electron chi connectivity index (χ2n) is 4.74. The maximum atomic E-state index is 11.0. The fourth-order valence-corrected chi connectivity index (χ4v) is 1.89. The first-order valence-electron chi connectivity index (χ1n) is 6.88. The minimum absolute atomic E-state index is 0.166. The molecular formula is C13H27N3O2. The Bertz CT molecular complexity index is 244. The van der Waals surface area contributed by atoms with Crippen molar-refractivity contribution in [2.75, 3.05) is 6.54 Å². The Hall–Kier alpha value is -1.26. The third-order valence-corrected chi connectivity index (χ3v) is 3.04. The van der Waals surface area contributed by atoms with Crippen molar-refractivity contribution in [3.63, 3.8) is 0 Å². The summed E-state index contributed by atoms with van der Waals surface area (Å²) >= 11 is 0. The summed E-state index contributed by atoms with van der Waals surface area (Å²) in [7, 11) is 0. The van der Waals surface area contributed by atoms with Crippen LogP contribution in [0.2, 0.25) is 0 Å². The summed E-state index contributed by atoms with van der Waals surface area (Å²) in [6.45, 7) is 2.44. The SMILES string of the molecule is CCCCCCCCCC(CNC(=N)N)C(=O)O. The van der Waals surface area contributed by atoms with Crippen molar-refractivity contribution in [1.29, 1.82) is 5.41 Å². The smallest absolute Gasteiger partial charge is 0.308 e. The van der Waals surface area contributed by atoms with Gasteiger partial charge in [0.1, 0.15) is 0 Å². The van der Waals surface area contributed by atoms with Crippen LogP contribution in [0.5, 0.6) is 0 Å². The summed E-state index contributed by atoms with van der Waals surface area (Å²) in [5, 5.41) is 18.6. The van der Waals surface area contributed by atoms with Crippen LogP contribution >= 0.6 is 0 Å². The zero-order valence-corrected chi connectivity index (χ0v) is 11.4. The quantitative estimate of drug-likeness (QED) is 0.259. The molecule has 0 spiro atoms. The van der Waals surface area contributed by atoms with E-state index in [4.69, 9.17) is 16.2 Å². The highest BCUT2D eigenvalue weighted by molar-refractivity contribution is 5.76.